The number of carboxylic acids is 1. The zero-order chi connectivity index (χ0) is 13.0. The lowest BCUT2D eigenvalue weighted by Gasteiger charge is -2.02. The molecule has 0 radical (unpaired) electrons. The molecule has 1 aromatic heterocycles. The smallest absolute Gasteiger partial charge is 0.359 e. The van der Waals surface area contributed by atoms with Crippen molar-refractivity contribution in [2.45, 2.75) is 6.92 Å². The number of carboxylic acid groups (broad SMARTS) is 1. The Morgan fingerprint density at radius 2 is 2.11 bits per heavy atom. The Labute approximate surface area is 103 Å². The van der Waals surface area contributed by atoms with Crippen LogP contribution in [0.15, 0.2) is 24.3 Å². The Hall–Kier alpha value is -2.81. The summed E-state index contributed by atoms with van der Waals surface area (Å²) in [5, 5.41) is 18.0. The number of aromatic carboxylic acids is 1. The third-order valence-corrected chi connectivity index (χ3v) is 2.07. The van der Waals surface area contributed by atoms with Crippen LogP contribution in [0.1, 0.15) is 23.0 Å². The highest BCUT2D eigenvalue weighted by Crippen LogP contribution is 2.21. The second kappa shape index (κ2) is 5.01. The van der Waals surface area contributed by atoms with E-state index in [2.05, 4.69) is 27.3 Å². The molecule has 0 aliphatic heterocycles. The first-order valence-corrected chi connectivity index (χ1v) is 5.05. The number of hydrogen-bond donors (Lipinski definition) is 2. The fourth-order valence-corrected chi connectivity index (χ4v) is 1.29. The molecule has 6 nitrogen and oxygen atoms in total. The van der Waals surface area contributed by atoms with Crippen molar-refractivity contribution in [3.8, 4) is 23.5 Å². The molecular weight excluding hydrogens is 234 g/mol. The number of carbonyl (C=O) groups is 1. The molecule has 0 aliphatic carbocycles. The third kappa shape index (κ3) is 2.47. The molecule has 2 N–H and O–H groups in total. The predicted molar refractivity (Wildman–Crippen MR) is 62.4 cm³/mol. The average Bonchev–Trinajstić information content (AvgIpc) is 2.80. The van der Waals surface area contributed by atoms with Gasteiger partial charge in [-0.1, -0.05) is 16.2 Å². The molecule has 18 heavy (non-hydrogen) atoms. The number of hydrogen-bond acceptors (Lipinski definition) is 4. The van der Waals surface area contributed by atoms with Crippen LogP contribution in [-0.4, -0.2) is 26.5 Å². The van der Waals surface area contributed by atoms with Crippen LogP contribution in [-0.2, 0) is 0 Å². The summed E-state index contributed by atoms with van der Waals surface area (Å²) in [7, 11) is 0. The molecule has 0 unspecified atom stereocenters. The minimum absolute atomic E-state index is 0.0724. The Kier molecular flexibility index (Phi) is 3.25. The lowest BCUT2D eigenvalue weighted by atomic mass is 10.2. The zero-order valence-corrected chi connectivity index (χ0v) is 9.47. The maximum Gasteiger partial charge on any atom is 0.359 e. The van der Waals surface area contributed by atoms with E-state index in [9.17, 15) is 4.79 Å². The molecule has 0 bridgehead atoms. The molecule has 1 heterocycles. The van der Waals surface area contributed by atoms with Gasteiger partial charge in [-0.2, -0.15) is 0 Å². The number of benzene rings is 1. The number of ether oxygens (including phenoxy) is 1. The molecule has 0 saturated heterocycles. The highest BCUT2D eigenvalue weighted by Gasteiger charge is 2.16. The fourth-order valence-electron chi connectivity index (χ4n) is 1.29. The minimum atomic E-state index is -1.18. The highest BCUT2D eigenvalue weighted by atomic mass is 16.5. The van der Waals surface area contributed by atoms with E-state index in [0.717, 1.165) is 5.56 Å². The largest absolute Gasteiger partial charge is 0.476 e. The normalized spacial score (nSPS) is 9.39. The Morgan fingerprint density at radius 3 is 2.72 bits per heavy atom. The minimum Gasteiger partial charge on any atom is -0.476 e. The molecule has 0 fully saturated rings. The molecule has 6 heteroatoms. The number of H-pyrrole nitrogens is 1. The van der Waals surface area contributed by atoms with Crippen molar-refractivity contribution in [2.75, 3.05) is 0 Å². The average molecular weight is 243 g/mol. The fraction of sp³-hybridized carbons (Fsp3) is 0.0833. The number of nitrogens with one attached hydrogen (secondary N) is 1. The van der Waals surface area contributed by atoms with Crippen molar-refractivity contribution in [3.63, 3.8) is 0 Å². The second-order valence-electron chi connectivity index (χ2n) is 3.30. The first-order chi connectivity index (χ1) is 8.70. The molecule has 2 rings (SSSR count). The van der Waals surface area contributed by atoms with Crippen molar-refractivity contribution in [2.24, 2.45) is 0 Å². The van der Waals surface area contributed by atoms with Gasteiger partial charge in [-0.3, -0.25) is 0 Å². The van der Waals surface area contributed by atoms with Gasteiger partial charge in [0, 0.05) is 5.56 Å². The molecule has 0 amide bonds. The summed E-state index contributed by atoms with van der Waals surface area (Å²) in [5.74, 6) is 4.88. The maximum atomic E-state index is 10.8. The number of nitrogens with zero attached hydrogens (tertiary/aromatic N) is 2. The quantitative estimate of drug-likeness (QED) is 0.800. The van der Waals surface area contributed by atoms with Gasteiger partial charge >= 0.3 is 5.97 Å². The van der Waals surface area contributed by atoms with E-state index in [-0.39, 0.29) is 11.6 Å². The summed E-state index contributed by atoms with van der Waals surface area (Å²) in [4.78, 5) is 10.8. The van der Waals surface area contributed by atoms with Gasteiger partial charge in [0.25, 0.3) is 5.88 Å². The summed E-state index contributed by atoms with van der Waals surface area (Å²) in [6, 6.07) is 6.90. The molecule has 90 valence electrons. The van der Waals surface area contributed by atoms with E-state index in [4.69, 9.17) is 9.84 Å². The van der Waals surface area contributed by atoms with Crippen molar-refractivity contribution >= 4 is 5.97 Å². The molecule has 0 aliphatic rings. The Balaban J connectivity index is 2.20. The van der Waals surface area contributed by atoms with Crippen LogP contribution in [0.3, 0.4) is 0 Å². The van der Waals surface area contributed by atoms with Crippen LogP contribution in [0.25, 0.3) is 0 Å². The first-order valence-electron chi connectivity index (χ1n) is 5.05. The van der Waals surface area contributed by atoms with Crippen LogP contribution in [0.2, 0.25) is 0 Å². The van der Waals surface area contributed by atoms with Crippen LogP contribution >= 0.6 is 0 Å². The third-order valence-electron chi connectivity index (χ3n) is 2.07. The summed E-state index contributed by atoms with van der Waals surface area (Å²) in [6.45, 7) is 1.75. The first kappa shape index (κ1) is 11.7. The monoisotopic (exact) mass is 243 g/mol. The summed E-state index contributed by atoms with van der Waals surface area (Å²) < 4.78 is 5.31. The molecule has 0 saturated carbocycles. The van der Waals surface area contributed by atoms with Crippen LogP contribution in [0.5, 0.6) is 11.6 Å². The highest BCUT2D eigenvalue weighted by molar-refractivity contribution is 5.87. The molecule has 0 atom stereocenters. The van der Waals surface area contributed by atoms with Gasteiger partial charge in [-0.15, -0.1) is 5.92 Å². The van der Waals surface area contributed by atoms with E-state index >= 15 is 0 Å². The van der Waals surface area contributed by atoms with Crippen molar-refractivity contribution in [1.82, 2.24) is 15.4 Å². The van der Waals surface area contributed by atoms with Gasteiger partial charge in [-0.25, -0.2) is 9.89 Å². The van der Waals surface area contributed by atoms with Gasteiger partial charge in [0.05, 0.1) is 0 Å². The van der Waals surface area contributed by atoms with E-state index in [0.29, 0.717) is 5.75 Å². The second-order valence-corrected chi connectivity index (χ2v) is 3.30. The van der Waals surface area contributed by atoms with E-state index in [1.807, 2.05) is 0 Å². The summed E-state index contributed by atoms with van der Waals surface area (Å²) in [5.41, 5.74) is 0.663. The van der Waals surface area contributed by atoms with Gasteiger partial charge < -0.3 is 9.84 Å². The zero-order valence-electron chi connectivity index (χ0n) is 9.47. The van der Waals surface area contributed by atoms with Crippen molar-refractivity contribution < 1.29 is 14.6 Å². The van der Waals surface area contributed by atoms with Crippen molar-refractivity contribution in [3.05, 3.63) is 35.5 Å². The number of rotatable bonds is 3. The number of aromatic amines is 1. The van der Waals surface area contributed by atoms with Gasteiger partial charge in [0.1, 0.15) is 5.75 Å². The van der Waals surface area contributed by atoms with Crippen LogP contribution in [0.4, 0.5) is 0 Å². The van der Waals surface area contributed by atoms with E-state index in [1.165, 1.54) is 0 Å². The molecule has 1 aromatic carbocycles. The molecular formula is C12H9N3O3. The van der Waals surface area contributed by atoms with Gasteiger partial charge in [0.15, 0.2) is 0 Å². The Morgan fingerprint density at radius 1 is 1.39 bits per heavy atom. The topological polar surface area (TPSA) is 88.1 Å². The lowest BCUT2D eigenvalue weighted by molar-refractivity contribution is 0.0687. The SMILES string of the molecule is CC#Cc1ccc(Oc2nn[nH]c2C(=O)O)cc1. The molecule has 0 spiro atoms. The summed E-state index contributed by atoms with van der Waals surface area (Å²) >= 11 is 0. The van der Waals surface area contributed by atoms with E-state index in [1.54, 1.807) is 31.2 Å². The standard InChI is InChI=1S/C12H9N3O3/c1-2-3-8-4-6-9(7-5-8)18-11-10(12(16)17)13-15-14-11/h4-7H,1H3,(H,16,17)(H,13,14,15). The predicted octanol–water partition coefficient (Wildman–Crippen LogP) is 1.67. The van der Waals surface area contributed by atoms with Crippen LogP contribution in [0, 0.1) is 11.8 Å². The summed E-state index contributed by atoms with van der Waals surface area (Å²) in [6.07, 6.45) is 0. The molecule has 2 aromatic rings. The van der Waals surface area contributed by atoms with Gasteiger partial charge in [0.2, 0.25) is 5.69 Å². The van der Waals surface area contributed by atoms with Crippen molar-refractivity contribution in [1.29, 1.82) is 0 Å². The van der Waals surface area contributed by atoms with Gasteiger partial charge in [-0.05, 0) is 31.2 Å². The van der Waals surface area contributed by atoms with Crippen LogP contribution < -0.4 is 4.74 Å². The number of aromatic nitrogens is 3. The van der Waals surface area contributed by atoms with E-state index < -0.39 is 5.97 Å². The maximum absolute atomic E-state index is 10.8. The Bertz CT molecular complexity index is 620. The lowest BCUT2D eigenvalue weighted by Crippen LogP contribution is -1.99.